The average Bonchev–Trinajstić information content (AvgIpc) is 2.74. The van der Waals surface area contributed by atoms with Gasteiger partial charge in [0.15, 0.2) is 0 Å². The van der Waals surface area contributed by atoms with Crippen LogP contribution in [-0.4, -0.2) is 51.7 Å². The summed E-state index contributed by atoms with van der Waals surface area (Å²) in [6.45, 7) is 8.09. The van der Waals surface area contributed by atoms with Crippen LogP contribution < -0.4 is 34.7 Å². The fourth-order valence-corrected chi connectivity index (χ4v) is 5.52. The molecule has 0 aromatic rings. The van der Waals surface area contributed by atoms with E-state index in [1.54, 1.807) is 0 Å². The van der Waals surface area contributed by atoms with E-state index in [0.717, 1.165) is 5.57 Å². The number of fused-ring (bicyclic) bond motifs is 1. The van der Waals surface area contributed by atoms with Crippen LogP contribution in [0.15, 0.2) is 23.8 Å². The molecule has 0 amide bonds. The van der Waals surface area contributed by atoms with E-state index in [1.807, 2.05) is 32.9 Å². The minimum atomic E-state index is -1.34. The van der Waals surface area contributed by atoms with E-state index in [2.05, 4.69) is 13.0 Å². The Labute approximate surface area is 225 Å². The third-order valence-electron chi connectivity index (χ3n) is 7.87. The van der Waals surface area contributed by atoms with Gasteiger partial charge < -0.3 is 30.0 Å². The van der Waals surface area contributed by atoms with Crippen LogP contribution >= 0.6 is 0 Å². The molecule has 0 aliphatic heterocycles. The van der Waals surface area contributed by atoms with Gasteiger partial charge in [-0.3, -0.25) is 4.79 Å². The number of rotatable bonds is 12. The van der Waals surface area contributed by atoms with Gasteiger partial charge in [-0.2, -0.15) is 0 Å². The third-order valence-corrected chi connectivity index (χ3v) is 7.87. The first kappa shape index (κ1) is 31.3. The number of hydrogen-bond acceptors (Lipinski definition) is 7. The molecule has 0 unspecified atom stereocenters. The van der Waals surface area contributed by atoms with Crippen molar-refractivity contribution in [2.24, 2.45) is 23.2 Å². The van der Waals surface area contributed by atoms with Gasteiger partial charge in [-0.05, 0) is 55.9 Å². The summed E-state index contributed by atoms with van der Waals surface area (Å²) < 4.78 is 6.11. The van der Waals surface area contributed by atoms with Crippen LogP contribution in [0.4, 0.5) is 0 Å². The summed E-state index contributed by atoms with van der Waals surface area (Å²) in [5.41, 5.74) is 0.430. The zero-order chi connectivity index (χ0) is 24.8. The molecule has 0 saturated heterocycles. The molecule has 0 spiro atoms. The zero-order valence-electron chi connectivity index (χ0n) is 21.4. The van der Waals surface area contributed by atoms with E-state index in [0.29, 0.717) is 38.5 Å². The first-order chi connectivity index (χ1) is 15.6. The molecule has 0 radical (unpaired) electrons. The first-order valence-electron chi connectivity index (χ1n) is 12.4. The van der Waals surface area contributed by atoms with Gasteiger partial charge in [0, 0.05) is 24.7 Å². The molecule has 0 saturated carbocycles. The van der Waals surface area contributed by atoms with Gasteiger partial charge in [-0.1, -0.05) is 45.9 Å². The monoisotopic (exact) mass is 488 g/mol. The summed E-state index contributed by atoms with van der Waals surface area (Å²) in [6.07, 6.45) is 5.71. The topological polar surface area (TPSA) is 127 Å². The Morgan fingerprint density at radius 1 is 1.18 bits per heavy atom. The molecule has 0 heterocycles. The molecule has 3 N–H and O–H groups in total. The molecule has 2 aliphatic carbocycles. The van der Waals surface area contributed by atoms with Crippen molar-refractivity contribution in [1.82, 2.24) is 0 Å². The molecule has 0 fully saturated rings. The Balaban J connectivity index is 0.00000578. The third kappa shape index (κ3) is 7.90. The van der Waals surface area contributed by atoms with Crippen LogP contribution in [0, 0.1) is 23.2 Å². The number of esters is 1. The number of carboxylic acid groups (broad SMARTS) is 1. The second-order valence-electron chi connectivity index (χ2n) is 9.86. The Morgan fingerprint density at radius 3 is 2.35 bits per heavy atom. The van der Waals surface area contributed by atoms with Gasteiger partial charge >= 0.3 is 35.5 Å². The van der Waals surface area contributed by atoms with E-state index in [-0.39, 0.29) is 59.7 Å². The van der Waals surface area contributed by atoms with Gasteiger partial charge in [0.1, 0.15) is 6.10 Å². The van der Waals surface area contributed by atoms with E-state index in [1.165, 1.54) is 0 Å². The van der Waals surface area contributed by atoms with Crippen LogP contribution in [0.2, 0.25) is 0 Å². The van der Waals surface area contributed by atoms with Crippen LogP contribution in [0.1, 0.15) is 79.1 Å². The fraction of sp³-hybridized carbons (Fsp3) is 0.769. The molecule has 2 aliphatic rings. The van der Waals surface area contributed by atoms with Gasteiger partial charge in [-0.15, -0.1) is 0 Å². The molecule has 188 valence electrons. The van der Waals surface area contributed by atoms with E-state index >= 15 is 0 Å². The smallest absolute Gasteiger partial charge is 0.550 e. The number of aliphatic carboxylic acids is 1. The van der Waals surface area contributed by atoms with Crippen molar-refractivity contribution in [3.05, 3.63) is 23.8 Å². The predicted octanol–water partition coefficient (Wildman–Crippen LogP) is -0.720. The quantitative estimate of drug-likeness (QED) is 0.244. The van der Waals surface area contributed by atoms with Crippen LogP contribution in [0.5, 0.6) is 0 Å². The summed E-state index contributed by atoms with van der Waals surface area (Å²) in [5.74, 6) is -1.37. The van der Waals surface area contributed by atoms with E-state index in [9.17, 15) is 30.0 Å². The van der Waals surface area contributed by atoms with Gasteiger partial charge in [0.05, 0.1) is 23.7 Å². The number of hydrogen-bond donors (Lipinski definition) is 3. The van der Waals surface area contributed by atoms with Crippen molar-refractivity contribution in [3.63, 3.8) is 0 Å². The maximum atomic E-state index is 13.2. The molecule has 0 aromatic carbocycles. The molecule has 7 atom stereocenters. The number of carbonyl (C=O) groups is 2. The summed E-state index contributed by atoms with van der Waals surface area (Å²) in [4.78, 5) is 23.9. The number of carbonyl (C=O) groups excluding carboxylic acids is 2. The molecular weight excluding hydrogens is 447 g/mol. The summed E-state index contributed by atoms with van der Waals surface area (Å²) in [7, 11) is 0. The number of carboxylic acids is 1. The Kier molecular flexibility index (Phi) is 13.0. The minimum absolute atomic E-state index is 0. The summed E-state index contributed by atoms with van der Waals surface area (Å²) in [6, 6.07) is 0. The molecule has 8 heteroatoms. The molecule has 0 bridgehead atoms. The van der Waals surface area contributed by atoms with Crippen molar-refractivity contribution >= 4 is 11.9 Å². The number of allylic oxidation sites excluding steroid dienone is 2. The van der Waals surface area contributed by atoms with Crippen molar-refractivity contribution in [2.75, 3.05) is 0 Å². The first-order valence-corrected chi connectivity index (χ1v) is 12.4. The van der Waals surface area contributed by atoms with E-state index < -0.39 is 42.2 Å². The summed E-state index contributed by atoms with van der Waals surface area (Å²) in [5, 5.41) is 41.2. The standard InChI is InChI=1S/C26H42O7.Na/c1-5-26(6-2,7-3)25(32)33-22-14-19(28)12-17-9-8-16(4)21(24(17)22)11-10-18(27)13-20(29)15-23(30)31;/h8-9,12,16,18-22,24,27-29H,5-7,10-11,13-15H2,1-4H3,(H,30,31);/q;+1/p-1/t16-,18+,19+,20+,21-,22-,24-;/m0./s1. The van der Waals surface area contributed by atoms with E-state index in [4.69, 9.17) is 4.74 Å². The van der Waals surface area contributed by atoms with Crippen molar-refractivity contribution in [3.8, 4) is 0 Å². The predicted molar refractivity (Wildman–Crippen MR) is 123 cm³/mol. The molecule has 0 aromatic heterocycles. The molecule has 2 rings (SSSR count). The van der Waals surface area contributed by atoms with Gasteiger partial charge in [0.2, 0.25) is 0 Å². The Bertz CT molecular complexity index is 722. The molecular formula is C26H41NaO7. The van der Waals surface area contributed by atoms with Crippen molar-refractivity contribution in [2.45, 2.75) is 103 Å². The second kappa shape index (κ2) is 14.1. The number of aliphatic hydroxyl groups is 3. The van der Waals surface area contributed by atoms with Crippen molar-refractivity contribution in [1.29, 1.82) is 0 Å². The normalized spacial score (nSPS) is 28.2. The SMILES string of the molecule is CCC(CC)(CC)C(=O)O[C@H]1C[C@H](O)C=C2C=C[C@H](C)[C@H](CC[C@@H](O)C[C@@H](O)CC(=O)[O-])[C@H]21.[Na+]. The fourth-order valence-electron chi connectivity index (χ4n) is 5.52. The maximum Gasteiger partial charge on any atom is 1.00 e. The Hall–Kier alpha value is -0.700. The van der Waals surface area contributed by atoms with Crippen LogP contribution in [0.25, 0.3) is 0 Å². The largest absolute Gasteiger partial charge is 1.00 e. The van der Waals surface area contributed by atoms with Gasteiger partial charge in [-0.25, -0.2) is 0 Å². The Morgan fingerprint density at radius 2 is 1.79 bits per heavy atom. The van der Waals surface area contributed by atoms with Crippen LogP contribution in [0.3, 0.4) is 0 Å². The average molecular weight is 489 g/mol. The number of ether oxygens (including phenoxy) is 1. The van der Waals surface area contributed by atoms with Crippen LogP contribution in [-0.2, 0) is 14.3 Å². The number of aliphatic hydroxyl groups excluding tert-OH is 3. The van der Waals surface area contributed by atoms with Gasteiger partial charge in [0.25, 0.3) is 0 Å². The van der Waals surface area contributed by atoms with Crippen molar-refractivity contribution < 1.29 is 64.3 Å². The zero-order valence-corrected chi connectivity index (χ0v) is 23.4. The molecule has 34 heavy (non-hydrogen) atoms. The summed E-state index contributed by atoms with van der Waals surface area (Å²) >= 11 is 0. The minimum Gasteiger partial charge on any atom is -0.550 e. The second-order valence-corrected chi connectivity index (χ2v) is 9.86. The maximum absolute atomic E-state index is 13.2. The molecule has 7 nitrogen and oxygen atoms in total.